The van der Waals surface area contributed by atoms with Crippen LogP contribution in [0, 0.1) is 11.3 Å². The first-order chi connectivity index (χ1) is 8.76. The molecule has 108 valence electrons. The Kier molecular flexibility index (Phi) is 8.36. The van der Waals surface area contributed by atoms with E-state index < -0.39 is 0 Å². The molecule has 0 spiro atoms. The van der Waals surface area contributed by atoms with Gasteiger partial charge in [0.25, 0.3) is 0 Å². The smallest absolute Gasteiger partial charge is 0.0530 e. The molecular weight excluding hydrogens is 244 g/mol. The molecule has 1 rings (SSSR count). The van der Waals surface area contributed by atoms with Crippen molar-refractivity contribution in [2.24, 2.45) is 11.3 Å². The zero-order valence-electron chi connectivity index (χ0n) is 12.1. The molecular formula is C15H30O2S. The van der Waals surface area contributed by atoms with Gasteiger partial charge in [-0.15, -0.1) is 0 Å². The van der Waals surface area contributed by atoms with Crippen LogP contribution in [-0.2, 0) is 9.47 Å². The predicted molar refractivity (Wildman–Crippen MR) is 80.5 cm³/mol. The molecule has 1 fully saturated rings. The normalized spacial score (nSPS) is 18.2. The Labute approximate surface area is 118 Å². The van der Waals surface area contributed by atoms with Crippen LogP contribution < -0.4 is 0 Å². The molecule has 0 aromatic carbocycles. The van der Waals surface area contributed by atoms with Gasteiger partial charge in [0.2, 0.25) is 0 Å². The lowest BCUT2D eigenvalue weighted by molar-refractivity contribution is -0.00859. The molecule has 0 N–H and O–H groups in total. The topological polar surface area (TPSA) is 18.5 Å². The molecule has 0 unspecified atom stereocenters. The number of hydrogen-bond acceptors (Lipinski definition) is 3. The Balaban J connectivity index is 2.30. The second-order valence-corrected chi connectivity index (χ2v) is 6.05. The number of hydrogen-bond donors (Lipinski definition) is 1. The molecule has 3 heteroatoms. The van der Waals surface area contributed by atoms with Crippen molar-refractivity contribution in [1.29, 1.82) is 0 Å². The van der Waals surface area contributed by atoms with Crippen molar-refractivity contribution in [1.82, 2.24) is 0 Å². The third-order valence-corrected chi connectivity index (χ3v) is 4.67. The Bertz CT molecular complexity index is 197. The highest BCUT2D eigenvalue weighted by Crippen LogP contribution is 2.32. The minimum Gasteiger partial charge on any atom is -0.381 e. The zero-order chi connectivity index (χ0) is 13.3. The Morgan fingerprint density at radius 1 is 1.17 bits per heavy atom. The van der Waals surface area contributed by atoms with Crippen molar-refractivity contribution in [2.45, 2.75) is 52.4 Å². The van der Waals surface area contributed by atoms with Gasteiger partial charge in [-0.05, 0) is 37.4 Å². The second kappa shape index (κ2) is 9.22. The second-order valence-electron chi connectivity index (χ2n) is 5.73. The van der Waals surface area contributed by atoms with E-state index in [0.29, 0.717) is 11.3 Å². The maximum absolute atomic E-state index is 6.03. The van der Waals surface area contributed by atoms with Gasteiger partial charge in [0.15, 0.2) is 0 Å². The van der Waals surface area contributed by atoms with Crippen LogP contribution in [0.15, 0.2) is 0 Å². The molecule has 0 aliphatic carbocycles. The average molecular weight is 274 g/mol. The first-order valence-electron chi connectivity index (χ1n) is 7.52. The van der Waals surface area contributed by atoms with E-state index in [1.807, 2.05) is 0 Å². The van der Waals surface area contributed by atoms with E-state index in [-0.39, 0.29) is 0 Å². The SMILES string of the molecule is CCCC(CS)(CCC)COCC1CCOCC1. The van der Waals surface area contributed by atoms with Crippen molar-refractivity contribution in [3.05, 3.63) is 0 Å². The van der Waals surface area contributed by atoms with Crippen molar-refractivity contribution >= 4 is 12.6 Å². The van der Waals surface area contributed by atoms with E-state index in [9.17, 15) is 0 Å². The van der Waals surface area contributed by atoms with Crippen LogP contribution in [-0.4, -0.2) is 32.2 Å². The van der Waals surface area contributed by atoms with Crippen LogP contribution in [0.3, 0.4) is 0 Å². The number of thiol groups is 1. The van der Waals surface area contributed by atoms with E-state index in [2.05, 4.69) is 26.5 Å². The molecule has 1 aliphatic heterocycles. The maximum Gasteiger partial charge on any atom is 0.0530 e. The summed E-state index contributed by atoms with van der Waals surface area (Å²) < 4.78 is 11.4. The van der Waals surface area contributed by atoms with E-state index in [4.69, 9.17) is 9.47 Å². The highest BCUT2D eigenvalue weighted by molar-refractivity contribution is 7.80. The van der Waals surface area contributed by atoms with Crippen LogP contribution in [0.2, 0.25) is 0 Å². The van der Waals surface area contributed by atoms with Crippen molar-refractivity contribution in [2.75, 3.05) is 32.2 Å². The quantitative estimate of drug-likeness (QED) is 0.642. The average Bonchev–Trinajstić information content (AvgIpc) is 2.40. The largest absolute Gasteiger partial charge is 0.381 e. The van der Waals surface area contributed by atoms with Crippen LogP contribution in [0.5, 0.6) is 0 Å². The van der Waals surface area contributed by atoms with Gasteiger partial charge < -0.3 is 9.47 Å². The number of ether oxygens (including phenoxy) is 2. The molecule has 0 bridgehead atoms. The fourth-order valence-electron chi connectivity index (χ4n) is 2.89. The van der Waals surface area contributed by atoms with Gasteiger partial charge in [0, 0.05) is 25.2 Å². The summed E-state index contributed by atoms with van der Waals surface area (Å²) in [5, 5.41) is 0. The van der Waals surface area contributed by atoms with Gasteiger partial charge in [-0.1, -0.05) is 26.7 Å². The molecule has 0 aromatic heterocycles. The molecule has 1 aliphatic rings. The van der Waals surface area contributed by atoms with Crippen molar-refractivity contribution in [3.63, 3.8) is 0 Å². The molecule has 18 heavy (non-hydrogen) atoms. The van der Waals surface area contributed by atoms with Crippen LogP contribution in [0.4, 0.5) is 0 Å². The summed E-state index contributed by atoms with van der Waals surface area (Å²) >= 11 is 4.57. The summed E-state index contributed by atoms with van der Waals surface area (Å²) in [5.74, 6) is 1.65. The summed E-state index contributed by atoms with van der Waals surface area (Å²) in [6, 6.07) is 0. The molecule has 0 atom stereocenters. The maximum atomic E-state index is 6.03. The molecule has 1 heterocycles. The molecule has 1 saturated heterocycles. The lowest BCUT2D eigenvalue weighted by Gasteiger charge is -2.32. The highest BCUT2D eigenvalue weighted by atomic mass is 32.1. The summed E-state index contributed by atoms with van der Waals surface area (Å²) in [7, 11) is 0. The van der Waals surface area contributed by atoms with E-state index in [0.717, 1.165) is 45.0 Å². The Morgan fingerprint density at radius 3 is 2.28 bits per heavy atom. The third-order valence-electron chi connectivity index (χ3n) is 4.00. The minimum atomic E-state index is 0.303. The fraction of sp³-hybridized carbons (Fsp3) is 1.00. The summed E-state index contributed by atoms with van der Waals surface area (Å²) in [4.78, 5) is 0. The summed E-state index contributed by atoms with van der Waals surface area (Å²) in [6.45, 7) is 8.13. The predicted octanol–water partition coefficient (Wildman–Crippen LogP) is 3.95. The standard InChI is InChI=1S/C15H30O2S/c1-3-7-15(13-18,8-4-2)12-17-11-14-5-9-16-10-6-14/h14,18H,3-13H2,1-2H3. The van der Waals surface area contributed by atoms with E-state index in [1.54, 1.807) is 0 Å². The van der Waals surface area contributed by atoms with Gasteiger partial charge in [-0.2, -0.15) is 12.6 Å². The molecule has 0 aromatic rings. The highest BCUT2D eigenvalue weighted by Gasteiger charge is 2.27. The lowest BCUT2D eigenvalue weighted by Crippen LogP contribution is -2.31. The van der Waals surface area contributed by atoms with E-state index in [1.165, 1.54) is 25.7 Å². The van der Waals surface area contributed by atoms with Gasteiger partial charge in [-0.3, -0.25) is 0 Å². The first kappa shape index (κ1) is 16.3. The van der Waals surface area contributed by atoms with Gasteiger partial charge >= 0.3 is 0 Å². The molecule has 0 radical (unpaired) electrons. The Hall–Kier alpha value is 0.270. The van der Waals surface area contributed by atoms with Gasteiger partial charge in [-0.25, -0.2) is 0 Å². The summed E-state index contributed by atoms with van der Waals surface area (Å²) in [6.07, 6.45) is 7.24. The van der Waals surface area contributed by atoms with Crippen LogP contribution in [0.1, 0.15) is 52.4 Å². The Morgan fingerprint density at radius 2 is 1.78 bits per heavy atom. The lowest BCUT2D eigenvalue weighted by atomic mass is 9.82. The van der Waals surface area contributed by atoms with Gasteiger partial charge in [0.05, 0.1) is 6.61 Å². The number of rotatable bonds is 9. The third kappa shape index (κ3) is 5.50. The zero-order valence-corrected chi connectivity index (χ0v) is 13.0. The first-order valence-corrected chi connectivity index (χ1v) is 8.16. The molecule has 0 amide bonds. The minimum absolute atomic E-state index is 0.303. The van der Waals surface area contributed by atoms with Crippen LogP contribution in [0.25, 0.3) is 0 Å². The van der Waals surface area contributed by atoms with E-state index >= 15 is 0 Å². The monoisotopic (exact) mass is 274 g/mol. The van der Waals surface area contributed by atoms with Gasteiger partial charge in [0.1, 0.15) is 0 Å². The van der Waals surface area contributed by atoms with Crippen LogP contribution >= 0.6 is 12.6 Å². The van der Waals surface area contributed by atoms with Crippen molar-refractivity contribution in [3.8, 4) is 0 Å². The fourth-order valence-corrected chi connectivity index (χ4v) is 3.30. The molecule has 0 saturated carbocycles. The van der Waals surface area contributed by atoms with Crippen molar-refractivity contribution < 1.29 is 9.47 Å². The summed E-state index contributed by atoms with van der Waals surface area (Å²) in [5.41, 5.74) is 0.303. The molecule has 2 nitrogen and oxygen atoms in total.